The Morgan fingerprint density at radius 3 is 2.33 bits per heavy atom. The van der Waals surface area contributed by atoms with Gasteiger partial charge in [0.15, 0.2) is 0 Å². The number of hydrogen-bond donors (Lipinski definition) is 0. The van der Waals surface area contributed by atoms with Crippen molar-refractivity contribution in [1.82, 2.24) is 9.80 Å². The topological polar surface area (TPSA) is 6.48 Å². The first-order chi connectivity index (χ1) is 7.27. The molecule has 0 radical (unpaired) electrons. The second kappa shape index (κ2) is 5.31. The lowest BCUT2D eigenvalue weighted by Gasteiger charge is -2.32. The minimum Gasteiger partial charge on any atom is -0.302 e. The molecule has 2 heteroatoms. The van der Waals surface area contributed by atoms with Crippen LogP contribution in [0.5, 0.6) is 0 Å². The highest BCUT2D eigenvalue weighted by molar-refractivity contribution is 4.86. The van der Waals surface area contributed by atoms with E-state index in [1.54, 1.807) is 0 Å². The van der Waals surface area contributed by atoms with Gasteiger partial charge in [0.25, 0.3) is 0 Å². The van der Waals surface area contributed by atoms with E-state index in [-0.39, 0.29) is 0 Å². The highest BCUT2D eigenvalue weighted by Gasteiger charge is 2.30. The maximum atomic E-state index is 2.70. The zero-order valence-corrected chi connectivity index (χ0v) is 10.4. The van der Waals surface area contributed by atoms with E-state index < -0.39 is 0 Å². The fraction of sp³-hybridized carbons (Fsp3) is 1.00. The Balaban J connectivity index is 1.69. The van der Waals surface area contributed by atoms with Gasteiger partial charge >= 0.3 is 0 Å². The van der Waals surface area contributed by atoms with Gasteiger partial charge in [0.2, 0.25) is 0 Å². The molecule has 1 saturated heterocycles. The Bertz CT molecular complexity index is 179. The third-order valence-electron chi connectivity index (χ3n) is 3.80. The van der Waals surface area contributed by atoms with Crippen molar-refractivity contribution in [1.29, 1.82) is 0 Å². The molecule has 1 aliphatic heterocycles. The van der Waals surface area contributed by atoms with E-state index in [0.717, 1.165) is 12.1 Å². The Labute approximate surface area is 94.6 Å². The van der Waals surface area contributed by atoms with E-state index in [4.69, 9.17) is 0 Å². The van der Waals surface area contributed by atoms with Gasteiger partial charge in [0.05, 0.1) is 0 Å². The van der Waals surface area contributed by atoms with Crippen LogP contribution >= 0.6 is 0 Å². The Kier molecular flexibility index (Phi) is 4.04. The van der Waals surface area contributed by atoms with Crippen LogP contribution in [0.1, 0.15) is 46.0 Å². The summed E-state index contributed by atoms with van der Waals surface area (Å²) in [6.45, 7) is 9.97. The number of hydrogen-bond acceptors (Lipinski definition) is 2. The predicted octanol–water partition coefficient (Wildman–Crippen LogP) is 2.35. The fourth-order valence-corrected chi connectivity index (χ4v) is 2.71. The van der Waals surface area contributed by atoms with E-state index in [1.807, 2.05) is 0 Å². The highest BCUT2D eigenvalue weighted by Crippen LogP contribution is 2.28. The minimum absolute atomic E-state index is 0.738. The molecule has 88 valence electrons. The summed E-state index contributed by atoms with van der Waals surface area (Å²) in [5.74, 6) is 0. The van der Waals surface area contributed by atoms with E-state index in [1.165, 1.54) is 58.3 Å². The molecular formula is C13H26N2. The number of nitrogens with zero attached hydrogens (tertiary/aromatic N) is 2. The normalized spacial score (nSPS) is 24.0. The fourth-order valence-electron chi connectivity index (χ4n) is 2.71. The molecule has 2 nitrogen and oxygen atoms in total. The zero-order chi connectivity index (χ0) is 10.7. The standard InChI is InChI=1S/C13H26N2/c1-12(2)15(13-6-7-13)11-10-14-8-4-3-5-9-14/h12-13H,3-11H2,1-2H3. The van der Waals surface area contributed by atoms with Gasteiger partial charge in [0, 0.05) is 25.2 Å². The summed E-state index contributed by atoms with van der Waals surface area (Å²) in [4.78, 5) is 5.36. The van der Waals surface area contributed by atoms with Crippen molar-refractivity contribution < 1.29 is 0 Å². The molecule has 2 rings (SSSR count). The van der Waals surface area contributed by atoms with Crippen LogP contribution in [0.15, 0.2) is 0 Å². The Hall–Kier alpha value is -0.0800. The summed E-state index contributed by atoms with van der Waals surface area (Å²) in [6, 6.07) is 1.66. The monoisotopic (exact) mass is 210 g/mol. The van der Waals surface area contributed by atoms with Crippen molar-refractivity contribution in [2.45, 2.75) is 58.0 Å². The van der Waals surface area contributed by atoms with Crippen molar-refractivity contribution in [3.63, 3.8) is 0 Å². The molecule has 0 N–H and O–H groups in total. The van der Waals surface area contributed by atoms with Gasteiger partial charge < -0.3 is 4.90 Å². The van der Waals surface area contributed by atoms with Crippen molar-refractivity contribution in [3.8, 4) is 0 Å². The van der Waals surface area contributed by atoms with Gasteiger partial charge in [-0.25, -0.2) is 0 Å². The first-order valence-electron chi connectivity index (χ1n) is 6.75. The van der Waals surface area contributed by atoms with Gasteiger partial charge in [-0.3, -0.25) is 4.90 Å². The van der Waals surface area contributed by atoms with Gasteiger partial charge in [-0.1, -0.05) is 6.42 Å². The van der Waals surface area contributed by atoms with Crippen LogP contribution < -0.4 is 0 Å². The molecule has 2 aliphatic rings. The highest BCUT2D eigenvalue weighted by atomic mass is 15.2. The van der Waals surface area contributed by atoms with E-state index in [2.05, 4.69) is 23.6 Å². The van der Waals surface area contributed by atoms with E-state index >= 15 is 0 Å². The van der Waals surface area contributed by atoms with Crippen LogP contribution in [0.4, 0.5) is 0 Å². The quantitative estimate of drug-likeness (QED) is 0.687. The molecule has 0 unspecified atom stereocenters. The van der Waals surface area contributed by atoms with Gasteiger partial charge in [0.1, 0.15) is 0 Å². The molecule has 0 bridgehead atoms. The van der Waals surface area contributed by atoms with Crippen molar-refractivity contribution in [2.24, 2.45) is 0 Å². The molecule has 0 aromatic heterocycles. The molecule has 2 fully saturated rings. The summed E-state index contributed by atoms with van der Waals surface area (Å²) in [6.07, 6.45) is 7.18. The second-order valence-electron chi connectivity index (χ2n) is 5.47. The smallest absolute Gasteiger partial charge is 0.0115 e. The predicted molar refractivity (Wildman–Crippen MR) is 65.2 cm³/mol. The van der Waals surface area contributed by atoms with Crippen molar-refractivity contribution >= 4 is 0 Å². The lowest BCUT2D eigenvalue weighted by atomic mass is 10.1. The molecular weight excluding hydrogens is 184 g/mol. The van der Waals surface area contributed by atoms with Crippen LogP contribution in [0.2, 0.25) is 0 Å². The molecule has 0 amide bonds. The molecule has 0 aromatic carbocycles. The third kappa shape index (κ3) is 3.46. The van der Waals surface area contributed by atoms with Gasteiger partial charge in [-0.2, -0.15) is 0 Å². The Morgan fingerprint density at radius 2 is 1.80 bits per heavy atom. The third-order valence-corrected chi connectivity index (χ3v) is 3.80. The largest absolute Gasteiger partial charge is 0.302 e. The van der Waals surface area contributed by atoms with Crippen molar-refractivity contribution in [2.75, 3.05) is 26.2 Å². The lowest BCUT2D eigenvalue weighted by molar-refractivity contribution is 0.154. The molecule has 0 atom stereocenters. The summed E-state index contributed by atoms with van der Waals surface area (Å²) >= 11 is 0. The molecule has 0 aromatic rings. The Morgan fingerprint density at radius 1 is 1.13 bits per heavy atom. The number of rotatable bonds is 5. The van der Waals surface area contributed by atoms with Crippen LogP contribution in [-0.2, 0) is 0 Å². The molecule has 1 saturated carbocycles. The van der Waals surface area contributed by atoms with Crippen LogP contribution in [0, 0.1) is 0 Å². The maximum absolute atomic E-state index is 2.70. The minimum atomic E-state index is 0.738. The first-order valence-corrected chi connectivity index (χ1v) is 6.75. The summed E-state index contributed by atoms with van der Waals surface area (Å²) in [5.41, 5.74) is 0. The maximum Gasteiger partial charge on any atom is 0.0115 e. The second-order valence-corrected chi connectivity index (χ2v) is 5.47. The lowest BCUT2D eigenvalue weighted by Crippen LogP contribution is -2.41. The van der Waals surface area contributed by atoms with Crippen LogP contribution in [0.3, 0.4) is 0 Å². The summed E-state index contributed by atoms with van der Waals surface area (Å²) in [7, 11) is 0. The molecule has 15 heavy (non-hydrogen) atoms. The first kappa shape index (κ1) is 11.4. The SMILES string of the molecule is CC(C)N(CCN1CCCCC1)C1CC1. The van der Waals surface area contributed by atoms with Gasteiger partial charge in [-0.15, -0.1) is 0 Å². The average molecular weight is 210 g/mol. The zero-order valence-electron chi connectivity index (χ0n) is 10.4. The van der Waals surface area contributed by atoms with E-state index in [0.29, 0.717) is 0 Å². The molecule has 0 spiro atoms. The summed E-state index contributed by atoms with van der Waals surface area (Å²) < 4.78 is 0. The average Bonchev–Trinajstić information content (AvgIpc) is 3.03. The molecule has 1 heterocycles. The van der Waals surface area contributed by atoms with E-state index in [9.17, 15) is 0 Å². The van der Waals surface area contributed by atoms with Crippen LogP contribution in [-0.4, -0.2) is 48.1 Å². The van der Waals surface area contributed by atoms with Crippen LogP contribution in [0.25, 0.3) is 0 Å². The molecule has 1 aliphatic carbocycles. The summed E-state index contributed by atoms with van der Waals surface area (Å²) in [5, 5.41) is 0. The van der Waals surface area contributed by atoms with Crippen molar-refractivity contribution in [3.05, 3.63) is 0 Å². The van der Waals surface area contributed by atoms with Gasteiger partial charge in [-0.05, 0) is 52.6 Å². The number of likely N-dealkylation sites (tertiary alicyclic amines) is 1. The number of piperidine rings is 1.